The lowest BCUT2D eigenvalue weighted by Crippen LogP contribution is -2.31. The van der Waals surface area contributed by atoms with Gasteiger partial charge in [0, 0.05) is 4.90 Å². The number of nitrogens with zero attached hydrogens (tertiary/aromatic N) is 1. The molecule has 0 fully saturated rings. The highest BCUT2D eigenvalue weighted by atomic mass is 32.2. The molecule has 1 N–H and O–H groups in total. The van der Waals surface area contributed by atoms with Crippen LogP contribution in [0.4, 0.5) is 0 Å². The average molecular weight is 248 g/mol. The molecule has 0 saturated carbocycles. The molecule has 1 aliphatic heterocycles. The molecule has 0 radical (unpaired) electrons. The molecule has 1 heterocycles. The number of hydrogen-bond donors (Lipinski definition) is 1. The normalized spacial score (nSPS) is 19.4. The Labute approximate surface area is 106 Å². The number of thioether (sulfide) groups is 1. The zero-order chi connectivity index (χ0) is 12.3. The van der Waals surface area contributed by atoms with Crippen molar-refractivity contribution in [3.8, 4) is 0 Å². The number of aliphatic imine (C=N–C) groups is 1. The van der Waals surface area contributed by atoms with Crippen LogP contribution in [0.15, 0.2) is 40.2 Å². The zero-order valence-corrected chi connectivity index (χ0v) is 10.8. The van der Waals surface area contributed by atoms with E-state index < -0.39 is 0 Å². The third-order valence-electron chi connectivity index (χ3n) is 2.58. The van der Waals surface area contributed by atoms with Gasteiger partial charge in [0.05, 0.1) is 5.75 Å². The van der Waals surface area contributed by atoms with E-state index in [0.717, 1.165) is 11.6 Å². The molecule has 1 aromatic rings. The van der Waals surface area contributed by atoms with Gasteiger partial charge >= 0.3 is 0 Å². The summed E-state index contributed by atoms with van der Waals surface area (Å²) in [4.78, 5) is 17.2. The maximum Gasteiger partial charge on any atom is 0.250 e. The van der Waals surface area contributed by atoms with Crippen molar-refractivity contribution in [2.45, 2.75) is 24.8 Å². The second-order valence-corrected chi connectivity index (χ2v) is 5.40. The number of carbonyl (C=O) groups is 1. The van der Waals surface area contributed by atoms with Crippen LogP contribution in [0.25, 0.3) is 0 Å². The van der Waals surface area contributed by atoms with Crippen molar-refractivity contribution in [2.75, 3.05) is 5.75 Å². The maximum absolute atomic E-state index is 11.6. The van der Waals surface area contributed by atoms with Crippen LogP contribution in [0.3, 0.4) is 0 Å². The molecule has 90 valence electrons. The molecule has 0 spiro atoms. The van der Waals surface area contributed by atoms with Gasteiger partial charge in [-0.3, -0.25) is 9.79 Å². The summed E-state index contributed by atoms with van der Waals surface area (Å²) in [6, 6.07) is 9.92. The Hall–Kier alpha value is -1.29. The summed E-state index contributed by atoms with van der Waals surface area (Å²) in [6.07, 6.45) is 0. The molecule has 0 saturated heterocycles. The van der Waals surface area contributed by atoms with Gasteiger partial charge < -0.3 is 5.32 Å². The Kier molecular flexibility index (Phi) is 3.84. The van der Waals surface area contributed by atoms with Crippen LogP contribution in [0.2, 0.25) is 0 Å². The first kappa shape index (κ1) is 12.2. The first-order chi connectivity index (χ1) is 8.16. The molecule has 0 aliphatic carbocycles. The molecule has 1 unspecified atom stereocenters. The van der Waals surface area contributed by atoms with E-state index in [4.69, 9.17) is 0 Å². The highest BCUT2D eigenvalue weighted by Crippen LogP contribution is 2.19. The molecule has 1 aliphatic rings. The third kappa shape index (κ3) is 3.09. The smallest absolute Gasteiger partial charge is 0.250 e. The van der Waals surface area contributed by atoms with Gasteiger partial charge in [-0.15, -0.1) is 11.8 Å². The zero-order valence-electron chi connectivity index (χ0n) is 10.0. The second-order valence-electron chi connectivity index (χ2n) is 4.36. The summed E-state index contributed by atoms with van der Waals surface area (Å²) >= 11 is 1.69. The first-order valence-corrected chi connectivity index (χ1v) is 6.71. The van der Waals surface area contributed by atoms with Crippen molar-refractivity contribution in [1.29, 1.82) is 0 Å². The van der Waals surface area contributed by atoms with Gasteiger partial charge in [0.15, 0.2) is 0 Å². The van der Waals surface area contributed by atoms with Gasteiger partial charge in [-0.2, -0.15) is 0 Å². The van der Waals surface area contributed by atoms with E-state index in [1.807, 2.05) is 32.0 Å². The van der Waals surface area contributed by atoms with Crippen LogP contribution < -0.4 is 5.32 Å². The Morgan fingerprint density at radius 2 is 2.06 bits per heavy atom. The van der Waals surface area contributed by atoms with Gasteiger partial charge in [-0.25, -0.2) is 0 Å². The van der Waals surface area contributed by atoms with Gasteiger partial charge in [-0.1, -0.05) is 32.0 Å². The SMILES string of the molecule is CC(C)C1N=C(CSc2ccccc2)NC1=O. The molecule has 1 atom stereocenters. The van der Waals surface area contributed by atoms with Crippen LogP contribution >= 0.6 is 11.8 Å². The molecule has 0 bridgehead atoms. The van der Waals surface area contributed by atoms with Crippen molar-refractivity contribution in [3.63, 3.8) is 0 Å². The summed E-state index contributed by atoms with van der Waals surface area (Å²) < 4.78 is 0. The molecule has 2 rings (SSSR count). The lowest BCUT2D eigenvalue weighted by molar-refractivity contribution is -0.120. The van der Waals surface area contributed by atoms with Crippen LogP contribution in [0, 0.1) is 5.92 Å². The minimum atomic E-state index is -0.207. The number of rotatable bonds is 4. The lowest BCUT2D eigenvalue weighted by atomic mass is 10.1. The van der Waals surface area contributed by atoms with Crippen LogP contribution in [0.5, 0.6) is 0 Å². The number of benzene rings is 1. The monoisotopic (exact) mass is 248 g/mol. The third-order valence-corrected chi connectivity index (χ3v) is 3.60. The average Bonchev–Trinajstić information content (AvgIpc) is 2.69. The molecule has 0 aromatic heterocycles. The standard InChI is InChI=1S/C13H16N2OS/c1-9(2)12-13(16)15-11(14-12)8-17-10-6-4-3-5-7-10/h3-7,9,12H,8H2,1-2H3,(H,14,15,16). The summed E-state index contributed by atoms with van der Waals surface area (Å²) in [5, 5.41) is 2.85. The van der Waals surface area contributed by atoms with E-state index in [2.05, 4.69) is 22.4 Å². The maximum atomic E-state index is 11.6. The molecule has 1 aromatic carbocycles. The molecule has 4 heteroatoms. The summed E-state index contributed by atoms with van der Waals surface area (Å²) in [6.45, 7) is 4.03. The lowest BCUT2D eigenvalue weighted by Gasteiger charge is -2.06. The predicted octanol–water partition coefficient (Wildman–Crippen LogP) is 2.33. The number of carbonyl (C=O) groups excluding carboxylic acids is 1. The fourth-order valence-corrected chi connectivity index (χ4v) is 2.47. The molecule has 3 nitrogen and oxygen atoms in total. The van der Waals surface area contributed by atoms with Crippen molar-refractivity contribution in [1.82, 2.24) is 5.32 Å². The number of nitrogens with one attached hydrogen (secondary N) is 1. The highest BCUT2D eigenvalue weighted by Gasteiger charge is 2.28. The highest BCUT2D eigenvalue weighted by molar-refractivity contribution is 8.00. The Morgan fingerprint density at radius 3 is 2.65 bits per heavy atom. The fraction of sp³-hybridized carbons (Fsp3) is 0.385. The van der Waals surface area contributed by atoms with E-state index in [0.29, 0.717) is 0 Å². The largest absolute Gasteiger partial charge is 0.312 e. The van der Waals surface area contributed by atoms with Crippen LogP contribution in [-0.2, 0) is 4.79 Å². The van der Waals surface area contributed by atoms with E-state index in [-0.39, 0.29) is 17.9 Å². The molecule has 1 amide bonds. The minimum absolute atomic E-state index is 0.0312. The van der Waals surface area contributed by atoms with E-state index in [9.17, 15) is 4.79 Å². The van der Waals surface area contributed by atoms with Crippen molar-refractivity contribution >= 4 is 23.5 Å². The first-order valence-electron chi connectivity index (χ1n) is 5.72. The van der Waals surface area contributed by atoms with E-state index in [1.54, 1.807) is 11.8 Å². The Bertz CT molecular complexity index is 428. The van der Waals surface area contributed by atoms with Crippen molar-refractivity contribution < 1.29 is 4.79 Å². The quantitative estimate of drug-likeness (QED) is 0.831. The Morgan fingerprint density at radius 1 is 1.35 bits per heavy atom. The fourth-order valence-electron chi connectivity index (χ4n) is 1.67. The molecular formula is C13H16N2OS. The Balaban J connectivity index is 1.93. The van der Waals surface area contributed by atoms with Gasteiger partial charge in [0.25, 0.3) is 0 Å². The number of amides is 1. The molecule has 17 heavy (non-hydrogen) atoms. The van der Waals surface area contributed by atoms with Crippen molar-refractivity contribution in [3.05, 3.63) is 30.3 Å². The van der Waals surface area contributed by atoms with Gasteiger partial charge in [0.1, 0.15) is 11.9 Å². The summed E-state index contributed by atoms with van der Waals surface area (Å²) in [5.74, 6) is 1.80. The minimum Gasteiger partial charge on any atom is -0.312 e. The van der Waals surface area contributed by atoms with Gasteiger partial charge in [-0.05, 0) is 18.1 Å². The molecular weight excluding hydrogens is 232 g/mol. The summed E-state index contributed by atoms with van der Waals surface area (Å²) in [5.41, 5.74) is 0. The van der Waals surface area contributed by atoms with Crippen LogP contribution in [0.1, 0.15) is 13.8 Å². The van der Waals surface area contributed by atoms with Crippen LogP contribution in [-0.4, -0.2) is 23.5 Å². The number of hydrogen-bond acceptors (Lipinski definition) is 3. The van der Waals surface area contributed by atoms with Gasteiger partial charge in [0.2, 0.25) is 5.91 Å². The summed E-state index contributed by atoms with van der Waals surface area (Å²) in [7, 11) is 0. The van der Waals surface area contributed by atoms with E-state index >= 15 is 0 Å². The predicted molar refractivity (Wildman–Crippen MR) is 71.4 cm³/mol. The van der Waals surface area contributed by atoms with Crippen molar-refractivity contribution in [2.24, 2.45) is 10.9 Å². The second kappa shape index (κ2) is 5.36. The topological polar surface area (TPSA) is 41.5 Å². The number of amidine groups is 1. The van der Waals surface area contributed by atoms with E-state index in [1.165, 1.54) is 4.90 Å².